The molecule has 2 heterocycles. The summed E-state index contributed by atoms with van der Waals surface area (Å²) in [6.45, 7) is 0.754. The molecular formula is C13H11BrN2O. The van der Waals surface area contributed by atoms with Crippen molar-refractivity contribution in [2.24, 2.45) is 0 Å². The van der Waals surface area contributed by atoms with Gasteiger partial charge in [-0.2, -0.15) is 0 Å². The van der Waals surface area contributed by atoms with Gasteiger partial charge in [0.2, 0.25) is 5.91 Å². The van der Waals surface area contributed by atoms with Crippen LogP contribution in [-0.4, -0.2) is 22.3 Å². The lowest BCUT2D eigenvalue weighted by atomic mass is 10.2. The Balaban J connectivity index is 2.15. The summed E-state index contributed by atoms with van der Waals surface area (Å²) in [6.07, 6.45) is 2.61. The summed E-state index contributed by atoms with van der Waals surface area (Å²) < 4.78 is 0. The minimum absolute atomic E-state index is 0.0542. The average Bonchev–Trinajstić information content (AvgIpc) is 2.69. The van der Waals surface area contributed by atoms with Crippen molar-refractivity contribution in [3.05, 3.63) is 36.5 Å². The lowest BCUT2D eigenvalue weighted by Gasteiger charge is -2.17. The maximum absolute atomic E-state index is 12.0. The van der Waals surface area contributed by atoms with E-state index in [2.05, 4.69) is 20.9 Å². The molecule has 1 aromatic heterocycles. The Labute approximate surface area is 108 Å². The molecule has 1 aliphatic rings. The lowest BCUT2D eigenvalue weighted by molar-refractivity contribution is -0.116. The fourth-order valence-corrected chi connectivity index (χ4v) is 2.64. The number of rotatable bonds is 1. The highest BCUT2D eigenvalue weighted by molar-refractivity contribution is 9.10. The van der Waals surface area contributed by atoms with Crippen molar-refractivity contribution in [3.63, 3.8) is 0 Å². The zero-order valence-corrected chi connectivity index (χ0v) is 10.7. The number of benzene rings is 1. The second-order valence-corrected chi connectivity index (χ2v) is 5.20. The second kappa shape index (κ2) is 4.11. The van der Waals surface area contributed by atoms with Crippen LogP contribution in [0.25, 0.3) is 10.9 Å². The van der Waals surface area contributed by atoms with Crippen molar-refractivity contribution in [2.45, 2.75) is 11.2 Å². The van der Waals surface area contributed by atoms with Crippen LogP contribution in [0.2, 0.25) is 0 Å². The van der Waals surface area contributed by atoms with Crippen LogP contribution in [-0.2, 0) is 4.79 Å². The summed E-state index contributed by atoms with van der Waals surface area (Å²) in [7, 11) is 0. The number of aromatic nitrogens is 1. The summed E-state index contributed by atoms with van der Waals surface area (Å²) in [4.78, 5) is 18.1. The van der Waals surface area contributed by atoms with E-state index in [1.165, 1.54) is 0 Å². The number of nitrogens with zero attached hydrogens (tertiary/aromatic N) is 2. The number of halogens is 1. The second-order valence-electron chi connectivity index (χ2n) is 4.10. The lowest BCUT2D eigenvalue weighted by Crippen LogP contribution is -2.27. The van der Waals surface area contributed by atoms with Crippen LogP contribution in [0.1, 0.15) is 6.42 Å². The molecule has 0 spiro atoms. The summed E-state index contributed by atoms with van der Waals surface area (Å²) in [5, 5.41) is 1.07. The molecule has 0 bridgehead atoms. The molecule has 1 aromatic carbocycles. The van der Waals surface area contributed by atoms with Crippen molar-refractivity contribution < 1.29 is 4.79 Å². The summed E-state index contributed by atoms with van der Waals surface area (Å²) >= 11 is 3.39. The maximum atomic E-state index is 12.0. The summed E-state index contributed by atoms with van der Waals surface area (Å²) in [5.74, 6) is 0.128. The number of carbonyl (C=O) groups excluding carboxylic acids is 1. The van der Waals surface area contributed by atoms with E-state index in [0.717, 1.165) is 29.6 Å². The van der Waals surface area contributed by atoms with Crippen LogP contribution in [0, 0.1) is 0 Å². The molecule has 1 aliphatic heterocycles. The molecule has 86 valence electrons. The number of carbonyl (C=O) groups is 1. The van der Waals surface area contributed by atoms with Crippen LogP contribution in [0.15, 0.2) is 36.5 Å². The van der Waals surface area contributed by atoms with Crippen molar-refractivity contribution in [1.82, 2.24) is 4.98 Å². The van der Waals surface area contributed by atoms with E-state index in [1.54, 1.807) is 6.20 Å². The average molecular weight is 291 g/mol. The molecule has 0 saturated carbocycles. The zero-order valence-electron chi connectivity index (χ0n) is 9.14. The van der Waals surface area contributed by atoms with Gasteiger partial charge in [-0.1, -0.05) is 34.1 Å². The number of para-hydroxylation sites is 1. The van der Waals surface area contributed by atoms with Gasteiger partial charge in [-0.3, -0.25) is 9.78 Å². The standard InChI is InChI=1S/C13H11BrN2O/c14-10-6-8-16(13(10)17)11-5-1-3-9-4-2-7-15-12(9)11/h1-5,7,10H,6,8H2. The van der Waals surface area contributed by atoms with E-state index < -0.39 is 0 Å². The van der Waals surface area contributed by atoms with Crippen LogP contribution in [0.3, 0.4) is 0 Å². The minimum Gasteiger partial charge on any atom is -0.309 e. The number of alkyl halides is 1. The number of pyridine rings is 1. The molecule has 1 atom stereocenters. The Morgan fingerprint density at radius 3 is 2.88 bits per heavy atom. The van der Waals surface area contributed by atoms with Crippen LogP contribution in [0.5, 0.6) is 0 Å². The molecule has 1 saturated heterocycles. The fraction of sp³-hybridized carbons (Fsp3) is 0.231. The summed E-state index contributed by atoms with van der Waals surface area (Å²) in [6, 6.07) is 9.85. The highest BCUT2D eigenvalue weighted by atomic mass is 79.9. The Morgan fingerprint density at radius 2 is 2.12 bits per heavy atom. The molecule has 2 aromatic rings. The van der Waals surface area contributed by atoms with E-state index in [4.69, 9.17) is 0 Å². The summed E-state index contributed by atoms with van der Waals surface area (Å²) in [5.41, 5.74) is 1.81. The molecule has 1 amide bonds. The first kappa shape index (κ1) is 10.7. The quantitative estimate of drug-likeness (QED) is 0.757. The third-order valence-corrected chi connectivity index (χ3v) is 3.89. The van der Waals surface area contributed by atoms with Crippen molar-refractivity contribution in [3.8, 4) is 0 Å². The fourth-order valence-electron chi connectivity index (χ4n) is 2.19. The molecule has 0 N–H and O–H groups in total. The SMILES string of the molecule is O=C1C(Br)CCN1c1cccc2cccnc12. The van der Waals surface area contributed by atoms with Gasteiger partial charge in [0.15, 0.2) is 0 Å². The Morgan fingerprint density at radius 1 is 1.29 bits per heavy atom. The molecule has 4 heteroatoms. The Hall–Kier alpha value is -1.42. The van der Waals surface area contributed by atoms with Gasteiger partial charge >= 0.3 is 0 Å². The van der Waals surface area contributed by atoms with Gasteiger partial charge in [0.25, 0.3) is 0 Å². The highest BCUT2D eigenvalue weighted by Crippen LogP contribution is 2.30. The molecule has 3 nitrogen and oxygen atoms in total. The van der Waals surface area contributed by atoms with E-state index >= 15 is 0 Å². The molecule has 0 radical (unpaired) electrons. The molecular weight excluding hydrogens is 280 g/mol. The van der Waals surface area contributed by atoms with Crippen LogP contribution < -0.4 is 4.90 Å². The van der Waals surface area contributed by atoms with E-state index in [-0.39, 0.29) is 10.7 Å². The van der Waals surface area contributed by atoms with E-state index in [0.29, 0.717) is 0 Å². The molecule has 17 heavy (non-hydrogen) atoms. The molecule has 3 rings (SSSR count). The van der Waals surface area contributed by atoms with Crippen LogP contribution in [0.4, 0.5) is 5.69 Å². The van der Waals surface area contributed by atoms with Crippen molar-refractivity contribution in [2.75, 3.05) is 11.4 Å². The first-order valence-corrected chi connectivity index (χ1v) is 6.48. The largest absolute Gasteiger partial charge is 0.309 e. The maximum Gasteiger partial charge on any atom is 0.240 e. The Bertz CT molecular complexity index is 579. The van der Waals surface area contributed by atoms with Gasteiger partial charge in [-0.15, -0.1) is 0 Å². The number of hydrogen-bond donors (Lipinski definition) is 0. The van der Waals surface area contributed by atoms with Gasteiger partial charge in [-0.05, 0) is 18.6 Å². The molecule has 1 unspecified atom stereocenters. The van der Waals surface area contributed by atoms with Crippen molar-refractivity contribution in [1.29, 1.82) is 0 Å². The zero-order chi connectivity index (χ0) is 11.8. The molecule has 1 fully saturated rings. The predicted molar refractivity (Wildman–Crippen MR) is 71.4 cm³/mol. The van der Waals surface area contributed by atoms with Gasteiger partial charge in [0, 0.05) is 18.1 Å². The number of amides is 1. The Kier molecular flexibility index (Phi) is 2.59. The predicted octanol–water partition coefficient (Wildman–Crippen LogP) is 2.74. The highest BCUT2D eigenvalue weighted by Gasteiger charge is 2.31. The third kappa shape index (κ3) is 1.72. The first-order chi connectivity index (χ1) is 8.27. The van der Waals surface area contributed by atoms with Crippen LogP contribution >= 0.6 is 15.9 Å². The van der Waals surface area contributed by atoms with Crippen molar-refractivity contribution >= 4 is 38.4 Å². The molecule has 0 aliphatic carbocycles. The van der Waals surface area contributed by atoms with E-state index in [1.807, 2.05) is 35.2 Å². The first-order valence-electron chi connectivity index (χ1n) is 5.56. The van der Waals surface area contributed by atoms with Gasteiger partial charge in [-0.25, -0.2) is 0 Å². The van der Waals surface area contributed by atoms with Gasteiger partial charge in [0.05, 0.1) is 16.0 Å². The minimum atomic E-state index is -0.0542. The van der Waals surface area contributed by atoms with Gasteiger partial charge in [0.1, 0.15) is 0 Å². The number of anilines is 1. The smallest absolute Gasteiger partial charge is 0.240 e. The topological polar surface area (TPSA) is 33.2 Å². The van der Waals surface area contributed by atoms with Gasteiger partial charge < -0.3 is 4.90 Å². The van der Waals surface area contributed by atoms with E-state index in [9.17, 15) is 4.79 Å². The number of hydrogen-bond acceptors (Lipinski definition) is 2. The monoisotopic (exact) mass is 290 g/mol. The normalized spacial score (nSPS) is 20.2. The number of fused-ring (bicyclic) bond motifs is 1. The third-order valence-electron chi connectivity index (χ3n) is 3.04.